The van der Waals surface area contributed by atoms with Crippen LogP contribution in [0.15, 0.2) is 30.3 Å². The summed E-state index contributed by atoms with van der Waals surface area (Å²) in [4.78, 5) is 0. The van der Waals surface area contributed by atoms with Crippen LogP contribution < -0.4 is 11.1 Å². The van der Waals surface area contributed by atoms with Crippen LogP contribution in [0.3, 0.4) is 0 Å². The lowest BCUT2D eigenvalue weighted by Gasteiger charge is -2.11. The molecule has 106 valence electrons. The molecule has 0 atom stereocenters. The van der Waals surface area contributed by atoms with E-state index in [0.717, 1.165) is 17.3 Å². The van der Waals surface area contributed by atoms with E-state index in [1.54, 1.807) is 12.1 Å². The van der Waals surface area contributed by atoms with Crippen molar-refractivity contribution >= 4 is 23.0 Å². The summed E-state index contributed by atoms with van der Waals surface area (Å²) >= 11 is 5.96. The predicted molar refractivity (Wildman–Crippen MR) is 79.2 cm³/mol. The number of nitrogens with two attached hydrogens (primary N) is 1. The third-order valence-corrected chi connectivity index (χ3v) is 3.32. The maximum absolute atomic E-state index is 13.0. The number of nitrogen functional groups attached to an aromatic ring is 1. The first-order valence-electron chi connectivity index (χ1n) is 6.20. The van der Waals surface area contributed by atoms with Crippen LogP contribution in [0.1, 0.15) is 11.1 Å². The Balaban J connectivity index is 2.01. The molecule has 0 aliphatic carbocycles. The molecule has 0 saturated heterocycles. The first kappa shape index (κ1) is 14.6. The van der Waals surface area contributed by atoms with E-state index in [-0.39, 0.29) is 0 Å². The molecule has 2 nitrogen and oxygen atoms in total. The molecule has 0 aliphatic rings. The summed E-state index contributed by atoms with van der Waals surface area (Å²) in [6.07, 6.45) is 0.510. The molecule has 2 aromatic rings. The maximum Gasteiger partial charge on any atom is 0.126 e. The van der Waals surface area contributed by atoms with E-state index >= 15 is 0 Å². The molecule has 0 aliphatic heterocycles. The van der Waals surface area contributed by atoms with Crippen molar-refractivity contribution in [1.82, 2.24) is 0 Å². The zero-order valence-electron chi connectivity index (χ0n) is 11.0. The van der Waals surface area contributed by atoms with Gasteiger partial charge < -0.3 is 11.1 Å². The predicted octanol–water partition coefficient (Wildman–Crippen LogP) is 4.16. The maximum atomic E-state index is 13.0. The number of nitrogens with one attached hydrogen (secondary N) is 1. The molecule has 0 aromatic heterocycles. The fraction of sp³-hybridized carbons (Fsp3) is 0.200. The first-order valence-corrected chi connectivity index (χ1v) is 6.58. The summed E-state index contributed by atoms with van der Waals surface area (Å²) in [5, 5.41) is 3.66. The van der Waals surface area contributed by atoms with Crippen LogP contribution in [0.5, 0.6) is 0 Å². The van der Waals surface area contributed by atoms with Gasteiger partial charge in [-0.25, -0.2) is 8.78 Å². The van der Waals surface area contributed by atoms with E-state index in [0.29, 0.717) is 29.2 Å². The lowest BCUT2D eigenvalue weighted by Crippen LogP contribution is -2.07. The van der Waals surface area contributed by atoms with Crippen LogP contribution in [-0.2, 0) is 6.42 Å². The Hall–Kier alpha value is -1.81. The fourth-order valence-corrected chi connectivity index (χ4v) is 2.15. The Morgan fingerprint density at radius 1 is 1.10 bits per heavy atom. The first-order chi connectivity index (χ1) is 9.45. The molecule has 0 heterocycles. The molecule has 0 saturated carbocycles. The molecule has 20 heavy (non-hydrogen) atoms. The van der Waals surface area contributed by atoms with Crippen molar-refractivity contribution in [3.05, 3.63) is 58.1 Å². The third kappa shape index (κ3) is 3.61. The Labute approximate surface area is 121 Å². The van der Waals surface area contributed by atoms with Gasteiger partial charge in [-0.3, -0.25) is 0 Å². The normalized spacial score (nSPS) is 10.6. The van der Waals surface area contributed by atoms with Gasteiger partial charge in [-0.2, -0.15) is 0 Å². The standard InChI is InChI=1S/C15H15ClF2N2/c1-9-4-14(19)13(16)8-15(9)20-3-2-10-5-11(17)7-12(18)6-10/h4-8,20H,2-3,19H2,1H3. The van der Waals surface area contributed by atoms with Gasteiger partial charge in [0.2, 0.25) is 0 Å². The largest absolute Gasteiger partial charge is 0.398 e. The quantitative estimate of drug-likeness (QED) is 0.831. The van der Waals surface area contributed by atoms with Crippen molar-refractivity contribution < 1.29 is 8.78 Å². The minimum Gasteiger partial charge on any atom is -0.398 e. The molecule has 0 amide bonds. The molecule has 0 fully saturated rings. The SMILES string of the molecule is Cc1cc(N)c(Cl)cc1NCCc1cc(F)cc(F)c1. The Morgan fingerprint density at radius 2 is 1.75 bits per heavy atom. The Bertz CT molecular complexity index is 609. The van der Waals surface area contributed by atoms with E-state index in [2.05, 4.69) is 5.32 Å². The zero-order chi connectivity index (χ0) is 14.7. The molecule has 0 radical (unpaired) electrons. The van der Waals surface area contributed by atoms with Gasteiger partial charge in [0, 0.05) is 18.3 Å². The molecular formula is C15H15ClF2N2. The van der Waals surface area contributed by atoms with Crippen molar-refractivity contribution in [2.45, 2.75) is 13.3 Å². The van der Waals surface area contributed by atoms with Gasteiger partial charge in [0.25, 0.3) is 0 Å². The van der Waals surface area contributed by atoms with Crippen LogP contribution in [0.2, 0.25) is 5.02 Å². The summed E-state index contributed by atoms with van der Waals surface area (Å²) in [5.74, 6) is -1.13. The smallest absolute Gasteiger partial charge is 0.126 e. The van der Waals surface area contributed by atoms with Gasteiger partial charge in [0.15, 0.2) is 0 Å². The number of halogens is 3. The summed E-state index contributed by atoms with van der Waals surface area (Å²) in [7, 11) is 0. The highest BCUT2D eigenvalue weighted by atomic mass is 35.5. The summed E-state index contributed by atoms with van der Waals surface area (Å²) in [6.45, 7) is 2.46. The molecule has 3 N–H and O–H groups in total. The van der Waals surface area contributed by atoms with Crippen LogP contribution in [0.25, 0.3) is 0 Å². The van der Waals surface area contributed by atoms with E-state index < -0.39 is 11.6 Å². The molecule has 0 spiro atoms. The van der Waals surface area contributed by atoms with Crippen LogP contribution in [0.4, 0.5) is 20.2 Å². The fourth-order valence-electron chi connectivity index (χ4n) is 1.99. The average Bonchev–Trinajstić information content (AvgIpc) is 2.34. The van der Waals surface area contributed by atoms with Crippen LogP contribution in [-0.4, -0.2) is 6.54 Å². The van der Waals surface area contributed by atoms with Crippen molar-refractivity contribution in [1.29, 1.82) is 0 Å². The Kier molecular flexibility index (Phi) is 4.45. The second-order valence-corrected chi connectivity index (χ2v) is 5.05. The number of benzene rings is 2. The van der Waals surface area contributed by atoms with E-state index in [9.17, 15) is 8.78 Å². The topological polar surface area (TPSA) is 38.0 Å². The van der Waals surface area contributed by atoms with Crippen LogP contribution in [0, 0.1) is 18.6 Å². The van der Waals surface area contributed by atoms with E-state index in [1.807, 2.05) is 6.92 Å². The van der Waals surface area contributed by atoms with Gasteiger partial charge in [0.1, 0.15) is 11.6 Å². The van der Waals surface area contributed by atoms with Crippen molar-refractivity contribution in [3.63, 3.8) is 0 Å². The summed E-state index contributed by atoms with van der Waals surface area (Å²) < 4.78 is 26.1. The second kappa shape index (κ2) is 6.09. The van der Waals surface area contributed by atoms with Gasteiger partial charge in [-0.15, -0.1) is 0 Å². The minimum absolute atomic E-state index is 0.481. The van der Waals surface area contributed by atoms with Gasteiger partial charge >= 0.3 is 0 Å². The lowest BCUT2D eigenvalue weighted by atomic mass is 10.1. The van der Waals surface area contributed by atoms with Crippen molar-refractivity contribution in [2.24, 2.45) is 0 Å². The summed E-state index contributed by atoms with van der Waals surface area (Å²) in [6, 6.07) is 7.05. The molecule has 5 heteroatoms. The van der Waals surface area contributed by atoms with E-state index in [4.69, 9.17) is 17.3 Å². The zero-order valence-corrected chi connectivity index (χ0v) is 11.8. The number of rotatable bonds is 4. The van der Waals surface area contributed by atoms with Crippen LogP contribution >= 0.6 is 11.6 Å². The van der Waals surface area contributed by atoms with Gasteiger partial charge in [-0.05, 0) is 48.7 Å². The lowest BCUT2D eigenvalue weighted by molar-refractivity contribution is 0.580. The highest BCUT2D eigenvalue weighted by Gasteiger charge is 2.04. The molecule has 2 aromatic carbocycles. The van der Waals surface area contributed by atoms with E-state index in [1.165, 1.54) is 12.1 Å². The molecule has 0 bridgehead atoms. The average molecular weight is 297 g/mol. The number of anilines is 2. The third-order valence-electron chi connectivity index (χ3n) is 3.00. The van der Waals surface area contributed by atoms with Gasteiger partial charge in [-0.1, -0.05) is 11.6 Å². The number of hydrogen-bond donors (Lipinski definition) is 2. The van der Waals surface area contributed by atoms with Crippen molar-refractivity contribution in [2.75, 3.05) is 17.6 Å². The summed E-state index contributed by atoms with van der Waals surface area (Å²) in [5.41, 5.74) is 8.67. The minimum atomic E-state index is -0.563. The monoisotopic (exact) mass is 296 g/mol. The number of hydrogen-bond acceptors (Lipinski definition) is 2. The number of aryl methyl sites for hydroxylation is 1. The highest BCUT2D eigenvalue weighted by Crippen LogP contribution is 2.26. The molecule has 2 rings (SSSR count). The Morgan fingerprint density at radius 3 is 2.40 bits per heavy atom. The molecular weight excluding hydrogens is 282 g/mol. The molecule has 0 unspecified atom stereocenters. The highest BCUT2D eigenvalue weighted by molar-refractivity contribution is 6.33. The van der Waals surface area contributed by atoms with Gasteiger partial charge in [0.05, 0.1) is 10.7 Å². The van der Waals surface area contributed by atoms with Crippen molar-refractivity contribution in [3.8, 4) is 0 Å². The second-order valence-electron chi connectivity index (χ2n) is 4.64.